The fourth-order valence-corrected chi connectivity index (χ4v) is 2.33. The molecule has 0 saturated carbocycles. The Morgan fingerprint density at radius 1 is 1.00 bits per heavy atom. The number of aliphatic hydroxyl groups excluding tert-OH is 1. The molecule has 0 heterocycles. The van der Waals surface area contributed by atoms with Gasteiger partial charge in [0.1, 0.15) is 6.10 Å². The van der Waals surface area contributed by atoms with Crippen LogP contribution in [-0.4, -0.2) is 18.3 Å². The molecule has 2 heteroatoms. The zero-order chi connectivity index (χ0) is 13.7. The van der Waals surface area contributed by atoms with E-state index in [1.165, 1.54) is 5.56 Å². The summed E-state index contributed by atoms with van der Waals surface area (Å²) >= 11 is 0. The summed E-state index contributed by atoms with van der Waals surface area (Å²) in [5, 5.41) is 10.4. The first-order valence-corrected chi connectivity index (χ1v) is 6.52. The van der Waals surface area contributed by atoms with Gasteiger partial charge in [-0.1, -0.05) is 54.6 Å². The van der Waals surface area contributed by atoms with Gasteiger partial charge < -0.3 is 9.84 Å². The fraction of sp³-hybridized carbons (Fsp3) is 0.294. The highest BCUT2D eigenvalue weighted by molar-refractivity contribution is 5.27. The SMILES string of the molecule is COC(c1ccccc1)C(O)Cc1ccccc1C. The molecule has 100 valence electrons. The van der Waals surface area contributed by atoms with Crippen LogP contribution in [0.1, 0.15) is 22.8 Å². The lowest BCUT2D eigenvalue weighted by molar-refractivity contribution is -0.0129. The standard InChI is InChI=1S/C17H20O2/c1-13-8-6-7-11-15(13)12-16(18)17(19-2)14-9-4-3-5-10-14/h3-11,16-18H,12H2,1-2H3. The molecular weight excluding hydrogens is 236 g/mol. The topological polar surface area (TPSA) is 29.5 Å². The highest BCUT2D eigenvalue weighted by Crippen LogP contribution is 2.23. The lowest BCUT2D eigenvalue weighted by atomic mass is 9.96. The van der Waals surface area contributed by atoms with E-state index in [1.54, 1.807) is 7.11 Å². The molecule has 2 aromatic carbocycles. The van der Waals surface area contributed by atoms with Crippen molar-refractivity contribution in [1.82, 2.24) is 0 Å². The third-order valence-electron chi connectivity index (χ3n) is 3.42. The number of methoxy groups -OCH3 is 1. The summed E-state index contributed by atoms with van der Waals surface area (Å²) in [7, 11) is 1.64. The predicted octanol–water partition coefficient (Wildman–Crippen LogP) is 3.29. The van der Waals surface area contributed by atoms with Crippen LogP contribution in [0.15, 0.2) is 54.6 Å². The quantitative estimate of drug-likeness (QED) is 0.889. The molecule has 0 aliphatic heterocycles. The Morgan fingerprint density at radius 2 is 1.63 bits per heavy atom. The van der Waals surface area contributed by atoms with Crippen LogP contribution >= 0.6 is 0 Å². The zero-order valence-corrected chi connectivity index (χ0v) is 11.4. The summed E-state index contributed by atoms with van der Waals surface area (Å²) in [6, 6.07) is 18.0. The van der Waals surface area contributed by atoms with E-state index in [0.29, 0.717) is 6.42 Å². The third kappa shape index (κ3) is 3.43. The normalized spacial score (nSPS) is 14.1. The Bertz CT molecular complexity index is 508. The maximum absolute atomic E-state index is 10.4. The Hall–Kier alpha value is -1.64. The summed E-state index contributed by atoms with van der Waals surface area (Å²) in [5.74, 6) is 0. The van der Waals surface area contributed by atoms with Gasteiger partial charge in [-0.3, -0.25) is 0 Å². The summed E-state index contributed by atoms with van der Waals surface area (Å²) in [6.45, 7) is 2.06. The second-order valence-corrected chi connectivity index (χ2v) is 4.76. The van der Waals surface area contributed by atoms with Gasteiger partial charge in [-0.25, -0.2) is 0 Å². The van der Waals surface area contributed by atoms with Gasteiger partial charge in [-0.15, -0.1) is 0 Å². The number of aliphatic hydroxyl groups is 1. The molecule has 0 radical (unpaired) electrons. The molecule has 19 heavy (non-hydrogen) atoms. The van der Waals surface area contributed by atoms with E-state index in [0.717, 1.165) is 11.1 Å². The monoisotopic (exact) mass is 256 g/mol. The van der Waals surface area contributed by atoms with Crippen LogP contribution in [0.4, 0.5) is 0 Å². The second-order valence-electron chi connectivity index (χ2n) is 4.76. The maximum atomic E-state index is 10.4. The van der Waals surface area contributed by atoms with Crippen molar-refractivity contribution in [3.63, 3.8) is 0 Å². The van der Waals surface area contributed by atoms with E-state index in [1.807, 2.05) is 42.5 Å². The fourth-order valence-electron chi connectivity index (χ4n) is 2.33. The van der Waals surface area contributed by atoms with E-state index < -0.39 is 6.10 Å². The Morgan fingerprint density at radius 3 is 2.26 bits per heavy atom. The van der Waals surface area contributed by atoms with Crippen molar-refractivity contribution in [2.75, 3.05) is 7.11 Å². The van der Waals surface area contributed by atoms with Crippen LogP contribution in [-0.2, 0) is 11.2 Å². The van der Waals surface area contributed by atoms with Crippen molar-refractivity contribution in [3.8, 4) is 0 Å². The molecule has 2 aromatic rings. The number of ether oxygens (including phenoxy) is 1. The highest BCUT2D eigenvalue weighted by atomic mass is 16.5. The maximum Gasteiger partial charge on any atom is 0.108 e. The molecule has 2 atom stereocenters. The van der Waals surface area contributed by atoms with Crippen LogP contribution in [0, 0.1) is 6.92 Å². The van der Waals surface area contributed by atoms with Gasteiger partial charge in [0.05, 0.1) is 6.10 Å². The largest absolute Gasteiger partial charge is 0.390 e. The van der Waals surface area contributed by atoms with Crippen molar-refractivity contribution in [2.24, 2.45) is 0 Å². The van der Waals surface area contributed by atoms with Crippen LogP contribution in [0.5, 0.6) is 0 Å². The third-order valence-corrected chi connectivity index (χ3v) is 3.42. The van der Waals surface area contributed by atoms with Crippen LogP contribution in [0.25, 0.3) is 0 Å². The molecule has 0 fully saturated rings. The molecule has 0 amide bonds. The molecule has 0 aliphatic carbocycles. The number of aryl methyl sites for hydroxylation is 1. The molecule has 2 nitrogen and oxygen atoms in total. The highest BCUT2D eigenvalue weighted by Gasteiger charge is 2.21. The first-order valence-electron chi connectivity index (χ1n) is 6.52. The Kier molecular flexibility index (Phi) is 4.72. The van der Waals surface area contributed by atoms with E-state index >= 15 is 0 Å². The minimum Gasteiger partial charge on any atom is -0.390 e. The molecule has 0 aliphatic rings. The van der Waals surface area contributed by atoms with Crippen molar-refractivity contribution >= 4 is 0 Å². The van der Waals surface area contributed by atoms with Crippen LogP contribution < -0.4 is 0 Å². The smallest absolute Gasteiger partial charge is 0.108 e. The van der Waals surface area contributed by atoms with Gasteiger partial charge in [0.2, 0.25) is 0 Å². The van der Waals surface area contributed by atoms with Gasteiger partial charge in [-0.2, -0.15) is 0 Å². The number of benzene rings is 2. The van der Waals surface area contributed by atoms with E-state index in [2.05, 4.69) is 19.1 Å². The average molecular weight is 256 g/mol. The average Bonchev–Trinajstić information content (AvgIpc) is 2.43. The summed E-state index contributed by atoms with van der Waals surface area (Å²) in [4.78, 5) is 0. The molecule has 2 rings (SSSR count). The van der Waals surface area contributed by atoms with Crippen molar-refractivity contribution in [3.05, 3.63) is 71.3 Å². The van der Waals surface area contributed by atoms with Gasteiger partial charge in [0.15, 0.2) is 0 Å². The molecule has 2 unspecified atom stereocenters. The van der Waals surface area contributed by atoms with Gasteiger partial charge >= 0.3 is 0 Å². The minimum absolute atomic E-state index is 0.291. The number of rotatable bonds is 5. The molecule has 0 spiro atoms. The molecule has 1 N–H and O–H groups in total. The van der Waals surface area contributed by atoms with E-state index in [4.69, 9.17) is 4.74 Å². The molecular formula is C17H20O2. The molecule has 0 bridgehead atoms. The number of hydrogen-bond donors (Lipinski definition) is 1. The van der Waals surface area contributed by atoms with Gasteiger partial charge in [0.25, 0.3) is 0 Å². The minimum atomic E-state index is -0.548. The van der Waals surface area contributed by atoms with E-state index in [-0.39, 0.29) is 6.10 Å². The molecule has 0 aromatic heterocycles. The molecule has 0 saturated heterocycles. The van der Waals surface area contributed by atoms with Crippen molar-refractivity contribution < 1.29 is 9.84 Å². The van der Waals surface area contributed by atoms with Crippen molar-refractivity contribution in [2.45, 2.75) is 25.6 Å². The first-order chi connectivity index (χ1) is 9.22. The summed E-state index contributed by atoms with van der Waals surface area (Å²) in [6.07, 6.45) is -0.241. The Balaban J connectivity index is 2.14. The van der Waals surface area contributed by atoms with Crippen LogP contribution in [0.3, 0.4) is 0 Å². The lowest BCUT2D eigenvalue weighted by Gasteiger charge is -2.22. The van der Waals surface area contributed by atoms with Gasteiger partial charge in [0, 0.05) is 13.5 Å². The Labute approximate surface area is 114 Å². The summed E-state index contributed by atoms with van der Waals surface area (Å²) < 4.78 is 5.46. The number of hydrogen-bond acceptors (Lipinski definition) is 2. The summed E-state index contributed by atoms with van der Waals surface area (Å²) in [5.41, 5.74) is 3.36. The van der Waals surface area contributed by atoms with Crippen molar-refractivity contribution in [1.29, 1.82) is 0 Å². The van der Waals surface area contributed by atoms with Gasteiger partial charge in [-0.05, 0) is 23.6 Å². The van der Waals surface area contributed by atoms with E-state index in [9.17, 15) is 5.11 Å². The first kappa shape index (κ1) is 13.8. The second kappa shape index (κ2) is 6.50. The van der Waals surface area contributed by atoms with Crippen LogP contribution in [0.2, 0.25) is 0 Å². The zero-order valence-electron chi connectivity index (χ0n) is 11.4. The lowest BCUT2D eigenvalue weighted by Crippen LogP contribution is -2.23. The predicted molar refractivity (Wildman–Crippen MR) is 77.1 cm³/mol.